The first-order valence-electron chi connectivity index (χ1n) is 8.82. The van der Waals surface area contributed by atoms with Crippen molar-refractivity contribution in [1.29, 1.82) is 0 Å². The van der Waals surface area contributed by atoms with E-state index in [1.807, 2.05) is 30.3 Å². The van der Waals surface area contributed by atoms with Crippen LogP contribution in [0.3, 0.4) is 0 Å². The highest BCUT2D eigenvalue weighted by atomic mass is 16.2. The Hall–Kier alpha value is -2.38. The number of anilines is 1. The molecule has 1 atom stereocenters. The lowest BCUT2D eigenvalue weighted by Crippen LogP contribution is -2.40. The van der Waals surface area contributed by atoms with Crippen molar-refractivity contribution in [2.24, 2.45) is 18.1 Å². The molecule has 1 aliphatic rings. The van der Waals surface area contributed by atoms with Gasteiger partial charge in [0.2, 0.25) is 5.95 Å². The second-order valence-corrected chi connectivity index (χ2v) is 7.15. The monoisotopic (exact) mass is 346 g/mol. The predicted octanol–water partition coefficient (Wildman–Crippen LogP) is 1.72. The molecule has 8 heteroatoms. The second-order valence-electron chi connectivity index (χ2n) is 7.15. The van der Waals surface area contributed by atoms with E-state index in [0.29, 0.717) is 36.1 Å². The average molecular weight is 346 g/mol. The molecule has 25 heavy (non-hydrogen) atoms. The summed E-state index contributed by atoms with van der Waals surface area (Å²) in [6.07, 6.45) is 0.719. The maximum atomic E-state index is 13.0. The van der Waals surface area contributed by atoms with Gasteiger partial charge >= 0.3 is 5.69 Å². The zero-order chi connectivity index (χ0) is 18.5. The molecule has 0 saturated carbocycles. The first-order chi connectivity index (χ1) is 11.8. The summed E-state index contributed by atoms with van der Waals surface area (Å²) in [5, 5.41) is 6.49. The van der Waals surface area contributed by atoms with Gasteiger partial charge in [-0.25, -0.2) is 9.80 Å². The number of hydrazone groups is 1. The highest BCUT2D eigenvalue weighted by Gasteiger charge is 2.30. The molecule has 0 bridgehead atoms. The van der Waals surface area contributed by atoms with Gasteiger partial charge in [0.15, 0.2) is 11.2 Å². The van der Waals surface area contributed by atoms with Crippen LogP contribution in [0.15, 0.2) is 14.7 Å². The molecule has 0 aromatic carbocycles. The van der Waals surface area contributed by atoms with Gasteiger partial charge in [0.25, 0.3) is 5.56 Å². The molecule has 136 valence electrons. The molecule has 3 rings (SSSR count). The Morgan fingerprint density at radius 2 is 1.92 bits per heavy atom. The summed E-state index contributed by atoms with van der Waals surface area (Å²) in [7, 11) is 1.67. The molecule has 1 aliphatic heterocycles. The number of hydrogen-bond donors (Lipinski definition) is 0. The first-order valence-corrected chi connectivity index (χ1v) is 8.82. The molecule has 0 aliphatic carbocycles. The van der Waals surface area contributed by atoms with Crippen LogP contribution in [0.4, 0.5) is 5.95 Å². The van der Waals surface area contributed by atoms with E-state index < -0.39 is 0 Å². The van der Waals surface area contributed by atoms with Gasteiger partial charge in [-0.1, -0.05) is 20.8 Å². The quantitative estimate of drug-likeness (QED) is 0.844. The number of hydrogen-bond acceptors (Lipinski definition) is 5. The summed E-state index contributed by atoms with van der Waals surface area (Å²) in [5.74, 6) is 1.02. The number of nitrogens with zero attached hydrogens (tertiary/aromatic N) is 6. The molecule has 0 fully saturated rings. The van der Waals surface area contributed by atoms with E-state index in [1.54, 1.807) is 7.05 Å². The maximum absolute atomic E-state index is 13.0. The van der Waals surface area contributed by atoms with Crippen molar-refractivity contribution in [3.05, 3.63) is 20.8 Å². The first kappa shape index (κ1) is 17.4. The van der Waals surface area contributed by atoms with E-state index in [0.717, 1.165) is 12.1 Å². The van der Waals surface area contributed by atoms with E-state index in [2.05, 4.69) is 23.9 Å². The minimum Gasteiger partial charge on any atom is -0.294 e. The van der Waals surface area contributed by atoms with E-state index >= 15 is 0 Å². The number of rotatable bonds is 4. The third-order valence-corrected chi connectivity index (χ3v) is 4.64. The topological polar surface area (TPSA) is 77.4 Å². The number of aromatic nitrogens is 4. The molecular formula is C17H26N6O2. The van der Waals surface area contributed by atoms with Crippen LogP contribution in [0.1, 0.15) is 47.1 Å². The van der Waals surface area contributed by atoms with E-state index in [4.69, 9.17) is 0 Å². The summed E-state index contributed by atoms with van der Waals surface area (Å²) in [5.41, 5.74) is 1.21. The van der Waals surface area contributed by atoms with E-state index in [1.165, 1.54) is 9.13 Å². The Morgan fingerprint density at radius 1 is 1.24 bits per heavy atom. The van der Waals surface area contributed by atoms with Crippen molar-refractivity contribution in [1.82, 2.24) is 18.7 Å². The van der Waals surface area contributed by atoms with Crippen LogP contribution in [-0.4, -0.2) is 30.9 Å². The molecule has 2 aromatic rings. The van der Waals surface area contributed by atoms with Crippen molar-refractivity contribution < 1.29 is 0 Å². The van der Waals surface area contributed by atoms with Gasteiger partial charge in [0, 0.05) is 20.1 Å². The SMILES string of the molecule is CCCn1c(=O)c2c(nc3n2C(C)C(C)=NN3CC(C)C)n(C)c1=O. The van der Waals surface area contributed by atoms with Gasteiger partial charge in [-0.15, -0.1) is 0 Å². The van der Waals surface area contributed by atoms with Crippen LogP contribution >= 0.6 is 0 Å². The molecule has 0 saturated heterocycles. The van der Waals surface area contributed by atoms with Crippen LogP contribution < -0.4 is 16.3 Å². The molecule has 0 radical (unpaired) electrons. The normalized spacial score (nSPS) is 17.3. The van der Waals surface area contributed by atoms with Crippen molar-refractivity contribution in [2.75, 3.05) is 11.6 Å². The summed E-state index contributed by atoms with van der Waals surface area (Å²) in [6.45, 7) is 11.2. The Labute approximate surface area is 146 Å². The number of fused-ring (bicyclic) bond motifs is 3. The lowest BCUT2D eigenvalue weighted by atomic mass is 10.2. The fourth-order valence-corrected chi connectivity index (χ4v) is 3.27. The van der Waals surface area contributed by atoms with Crippen molar-refractivity contribution in [2.45, 2.75) is 53.6 Å². The van der Waals surface area contributed by atoms with Crippen LogP contribution in [0, 0.1) is 5.92 Å². The van der Waals surface area contributed by atoms with E-state index in [-0.39, 0.29) is 17.3 Å². The molecule has 3 heterocycles. The fourth-order valence-electron chi connectivity index (χ4n) is 3.27. The minimum atomic E-state index is -0.324. The molecule has 1 unspecified atom stereocenters. The second kappa shape index (κ2) is 6.16. The maximum Gasteiger partial charge on any atom is 0.332 e. The standard InChI is InChI=1S/C17H26N6O2/c1-7-8-21-15(24)13-14(20(6)17(21)25)18-16-22(9-10(2)3)19-11(4)12(5)23(13)16/h10,12H,7-9H2,1-6H3. The smallest absolute Gasteiger partial charge is 0.294 e. The number of imidazole rings is 1. The van der Waals surface area contributed by atoms with Gasteiger partial charge < -0.3 is 0 Å². The Kier molecular flexibility index (Phi) is 4.30. The zero-order valence-electron chi connectivity index (χ0n) is 15.8. The third-order valence-electron chi connectivity index (χ3n) is 4.64. The third kappa shape index (κ3) is 2.60. The molecule has 0 amide bonds. The molecule has 2 aromatic heterocycles. The Balaban J connectivity index is 2.38. The summed E-state index contributed by atoms with van der Waals surface area (Å²) in [4.78, 5) is 30.2. The van der Waals surface area contributed by atoms with Crippen molar-refractivity contribution in [3.8, 4) is 0 Å². The van der Waals surface area contributed by atoms with Crippen LogP contribution in [0.2, 0.25) is 0 Å². The minimum absolute atomic E-state index is 0.0799. The van der Waals surface area contributed by atoms with Gasteiger partial charge in [-0.2, -0.15) is 10.1 Å². The molecule has 8 nitrogen and oxygen atoms in total. The lowest BCUT2D eigenvalue weighted by molar-refractivity contribution is 0.568. The van der Waals surface area contributed by atoms with Gasteiger partial charge in [-0.05, 0) is 26.2 Å². The van der Waals surface area contributed by atoms with Gasteiger partial charge in [0.05, 0.1) is 11.8 Å². The average Bonchev–Trinajstić information content (AvgIpc) is 2.95. The highest BCUT2D eigenvalue weighted by Crippen LogP contribution is 2.30. The fraction of sp³-hybridized carbons (Fsp3) is 0.647. The summed E-state index contributed by atoms with van der Waals surface area (Å²) >= 11 is 0. The van der Waals surface area contributed by atoms with Crippen molar-refractivity contribution in [3.63, 3.8) is 0 Å². The highest BCUT2D eigenvalue weighted by molar-refractivity contribution is 5.91. The Bertz CT molecular complexity index is 962. The molecule has 0 spiro atoms. The molecule has 0 N–H and O–H groups in total. The predicted molar refractivity (Wildman–Crippen MR) is 99.5 cm³/mol. The van der Waals surface area contributed by atoms with E-state index in [9.17, 15) is 9.59 Å². The molecular weight excluding hydrogens is 320 g/mol. The van der Waals surface area contributed by atoms with Crippen LogP contribution in [0.5, 0.6) is 0 Å². The van der Waals surface area contributed by atoms with Crippen LogP contribution in [0.25, 0.3) is 11.2 Å². The Morgan fingerprint density at radius 3 is 2.52 bits per heavy atom. The lowest BCUT2D eigenvalue weighted by Gasteiger charge is -2.30. The zero-order valence-corrected chi connectivity index (χ0v) is 15.8. The summed E-state index contributed by atoms with van der Waals surface area (Å²) < 4.78 is 4.69. The van der Waals surface area contributed by atoms with Gasteiger partial charge in [-0.3, -0.25) is 18.5 Å². The van der Waals surface area contributed by atoms with Gasteiger partial charge in [0.1, 0.15) is 0 Å². The number of aryl methyl sites for hydroxylation is 1. The largest absolute Gasteiger partial charge is 0.332 e. The van der Waals surface area contributed by atoms with Crippen molar-refractivity contribution >= 4 is 22.8 Å². The van der Waals surface area contributed by atoms with Crippen LogP contribution in [-0.2, 0) is 13.6 Å². The summed E-state index contributed by atoms with van der Waals surface area (Å²) in [6, 6.07) is -0.0799.